The van der Waals surface area contributed by atoms with Crippen LogP contribution in [0.5, 0.6) is 5.75 Å². The molecule has 0 aliphatic carbocycles. The summed E-state index contributed by atoms with van der Waals surface area (Å²) in [6.07, 6.45) is 0.509. The zero-order valence-electron chi connectivity index (χ0n) is 16.3. The molecule has 0 spiro atoms. The second-order valence-corrected chi connectivity index (χ2v) is 8.14. The number of aryl methyl sites for hydroxylation is 1. The third-order valence-corrected chi connectivity index (χ3v) is 5.29. The smallest absolute Gasteiger partial charge is 0.255 e. The van der Waals surface area contributed by atoms with Gasteiger partial charge in [0.1, 0.15) is 12.4 Å². The Morgan fingerprint density at radius 2 is 1.89 bits per heavy atom. The van der Waals surface area contributed by atoms with Gasteiger partial charge in [-0.3, -0.25) is 9.52 Å². The Kier molecular flexibility index (Phi) is 7.83. The number of hydrogen-bond donors (Lipinski definition) is 2. The summed E-state index contributed by atoms with van der Waals surface area (Å²) >= 11 is 0. The first-order chi connectivity index (χ1) is 13.3. The average Bonchev–Trinajstić information content (AvgIpc) is 2.63. The number of nitrogens with one attached hydrogen (secondary N) is 2. The monoisotopic (exact) mass is 406 g/mol. The van der Waals surface area contributed by atoms with Crippen LogP contribution in [0.15, 0.2) is 42.5 Å². The first-order valence-corrected chi connectivity index (χ1v) is 10.6. The van der Waals surface area contributed by atoms with Crippen LogP contribution < -0.4 is 14.8 Å². The van der Waals surface area contributed by atoms with Gasteiger partial charge in [-0.1, -0.05) is 19.1 Å². The first kappa shape index (κ1) is 21.7. The highest BCUT2D eigenvalue weighted by Crippen LogP contribution is 2.26. The number of methoxy groups -OCH3 is 1. The molecule has 2 aromatic rings. The molecular formula is C20H26N2O5S. The first-order valence-electron chi connectivity index (χ1n) is 8.99. The van der Waals surface area contributed by atoms with Gasteiger partial charge in [-0.05, 0) is 49.2 Å². The summed E-state index contributed by atoms with van der Waals surface area (Å²) < 4.78 is 37.0. The number of carbonyl (C=O) groups is 1. The van der Waals surface area contributed by atoms with Crippen molar-refractivity contribution in [2.45, 2.75) is 20.3 Å². The Bertz CT molecular complexity index is 913. The maximum Gasteiger partial charge on any atom is 0.255 e. The Labute approximate surface area is 166 Å². The van der Waals surface area contributed by atoms with Gasteiger partial charge in [-0.25, -0.2) is 8.42 Å². The average molecular weight is 407 g/mol. The van der Waals surface area contributed by atoms with E-state index in [1.54, 1.807) is 38.3 Å². The van der Waals surface area contributed by atoms with E-state index in [0.29, 0.717) is 42.3 Å². The van der Waals surface area contributed by atoms with Crippen molar-refractivity contribution in [3.63, 3.8) is 0 Å². The van der Waals surface area contributed by atoms with Gasteiger partial charge in [0.05, 0.1) is 18.0 Å². The van der Waals surface area contributed by atoms with Gasteiger partial charge in [-0.2, -0.15) is 0 Å². The molecule has 1 amide bonds. The third-order valence-electron chi connectivity index (χ3n) is 3.80. The Hall–Kier alpha value is -2.58. The van der Waals surface area contributed by atoms with E-state index in [1.807, 2.05) is 19.1 Å². The van der Waals surface area contributed by atoms with E-state index in [2.05, 4.69) is 10.0 Å². The maximum absolute atomic E-state index is 12.7. The molecule has 0 bridgehead atoms. The molecule has 0 radical (unpaired) electrons. The van der Waals surface area contributed by atoms with Crippen molar-refractivity contribution < 1.29 is 22.7 Å². The lowest BCUT2D eigenvalue weighted by molar-refractivity contribution is 0.102. The summed E-state index contributed by atoms with van der Waals surface area (Å²) in [7, 11) is -1.84. The van der Waals surface area contributed by atoms with Crippen molar-refractivity contribution in [3.05, 3.63) is 53.6 Å². The third kappa shape index (κ3) is 6.54. The molecule has 2 aromatic carbocycles. The number of rotatable bonds is 10. The number of sulfonamides is 1. The number of anilines is 2. The number of hydrogen-bond acceptors (Lipinski definition) is 5. The predicted octanol–water partition coefficient (Wildman–Crippen LogP) is 3.42. The Morgan fingerprint density at radius 1 is 1.11 bits per heavy atom. The van der Waals surface area contributed by atoms with Crippen LogP contribution in [0.3, 0.4) is 0 Å². The van der Waals surface area contributed by atoms with E-state index in [4.69, 9.17) is 9.47 Å². The van der Waals surface area contributed by atoms with Crippen molar-refractivity contribution in [3.8, 4) is 5.75 Å². The van der Waals surface area contributed by atoms with Crippen molar-refractivity contribution >= 4 is 27.3 Å². The second kappa shape index (κ2) is 10.1. The van der Waals surface area contributed by atoms with Crippen molar-refractivity contribution in [1.82, 2.24) is 0 Å². The lowest BCUT2D eigenvalue weighted by atomic mass is 10.1. The number of carbonyl (C=O) groups excluding carboxylic acids is 1. The molecule has 0 saturated heterocycles. The molecule has 28 heavy (non-hydrogen) atoms. The van der Waals surface area contributed by atoms with Crippen LogP contribution in [-0.2, 0) is 14.8 Å². The SMILES string of the molecule is CCCS(=O)(=O)Nc1cccc(C(=O)Nc2ccc(C)cc2OCCOC)c1. The summed E-state index contributed by atoms with van der Waals surface area (Å²) in [5.41, 5.74) is 2.21. The number of ether oxygens (including phenoxy) is 2. The number of amides is 1. The zero-order valence-corrected chi connectivity index (χ0v) is 17.1. The minimum atomic E-state index is -3.42. The van der Waals surface area contributed by atoms with Crippen LogP contribution in [0.4, 0.5) is 11.4 Å². The fourth-order valence-electron chi connectivity index (χ4n) is 2.50. The topological polar surface area (TPSA) is 93.7 Å². The van der Waals surface area contributed by atoms with Crippen LogP contribution >= 0.6 is 0 Å². The quantitative estimate of drug-likeness (QED) is 0.590. The minimum Gasteiger partial charge on any atom is -0.489 e. The highest BCUT2D eigenvalue weighted by molar-refractivity contribution is 7.92. The molecule has 2 N–H and O–H groups in total. The molecule has 0 aromatic heterocycles. The molecule has 152 valence electrons. The van der Waals surface area contributed by atoms with Crippen LogP contribution in [0, 0.1) is 6.92 Å². The van der Waals surface area contributed by atoms with Gasteiger partial charge in [0, 0.05) is 18.4 Å². The lowest BCUT2D eigenvalue weighted by Crippen LogP contribution is -2.17. The fourth-order valence-corrected chi connectivity index (χ4v) is 3.63. The maximum atomic E-state index is 12.7. The molecule has 0 aliphatic heterocycles. The molecular weight excluding hydrogens is 380 g/mol. The normalized spacial score (nSPS) is 11.1. The van der Waals surface area contributed by atoms with Crippen LogP contribution in [0.25, 0.3) is 0 Å². The summed E-state index contributed by atoms with van der Waals surface area (Å²) in [6.45, 7) is 4.51. The predicted molar refractivity (Wildman–Crippen MR) is 111 cm³/mol. The Morgan fingerprint density at radius 3 is 2.61 bits per heavy atom. The summed E-state index contributed by atoms with van der Waals surface area (Å²) in [6, 6.07) is 11.8. The largest absolute Gasteiger partial charge is 0.489 e. The van der Waals surface area contributed by atoms with E-state index < -0.39 is 10.0 Å². The molecule has 0 fully saturated rings. The molecule has 0 atom stereocenters. The highest BCUT2D eigenvalue weighted by Gasteiger charge is 2.13. The van der Waals surface area contributed by atoms with Gasteiger partial charge in [0.15, 0.2) is 0 Å². The van der Waals surface area contributed by atoms with Crippen LogP contribution in [0.1, 0.15) is 29.3 Å². The van der Waals surface area contributed by atoms with Gasteiger partial charge in [-0.15, -0.1) is 0 Å². The van der Waals surface area contributed by atoms with E-state index in [9.17, 15) is 13.2 Å². The van der Waals surface area contributed by atoms with Gasteiger partial charge < -0.3 is 14.8 Å². The van der Waals surface area contributed by atoms with E-state index in [-0.39, 0.29) is 11.7 Å². The highest BCUT2D eigenvalue weighted by atomic mass is 32.2. The van der Waals surface area contributed by atoms with Crippen LogP contribution in [-0.4, -0.2) is 40.4 Å². The van der Waals surface area contributed by atoms with E-state index >= 15 is 0 Å². The van der Waals surface area contributed by atoms with Gasteiger partial charge in [0.25, 0.3) is 5.91 Å². The molecule has 8 heteroatoms. The number of benzene rings is 2. The van der Waals surface area contributed by atoms with Gasteiger partial charge in [0.2, 0.25) is 10.0 Å². The molecule has 7 nitrogen and oxygen atoms in total. The fraction of sp³-hybridized carbons (Fsp3) is 0.350. The summed E-state index contributed by atoms with van der Waals surface area (Å²) in [5.74, 6) is 0.205. The molecule has 0 aliphatic rings. The summed E-state index contributed by atoms with van der Waals surface area (Å²) in [5, 5.41) is 2.81. The van der Waals surface area contributed by atoms with Crippen molar-refractivity contribution in [1.29, 1.82) is 0 Å². The molecule has 0 heterocycles. The zero-order chi connectivity index (χ0) is 20.6. The van der Waals surface area contributed by atoms with Crippen LogP contribution in [0.2, 0.25) is 0 Å². The lowest BCUT2D eigenvalue weighted by Gasteiger charge is -2.14. The minimum absolute atomic E-state index is 0.0228. The van der Waals surface area contributed by atoms with Crippen molar-refractivity contribution in [2.24, 2.45) is 0 Å². The molecule has 2 rings (SSSR count). The van der Waals surface area contributed by atoms with E-state index in [0.717, 1.165) is 5.56 Å². The second-order valence-electron chi connectivity index (χ2n) is 6.30. The van der Waals surface area contributed by atoms with Crippen molar-refractivity contribution in [2.75, 3.05) is 36.1 Å². The standard InChI is InChI=1S/C20H26N2O5S/c1-4-12-28(24,25)22-17-7-5-6-16(14-17)20(23)21-18-9-8-15(2)13-19(18)27-11-10-26-3/h5-9,13-14,22H,4,10-12H2,1-3H3,(H,21,23). The summed E-state index contributed by atoms with van der Waals surface area (Å²) in [4.78, 5) is 12.7. The Balaban J connectivity index is 2.16. The van der Waals surface area contributed by atoms with Gasteiger partial charge >= 0.3 is 0 Å². The van der Waals surface area contributed by atoms with E-state index in [1.165, 1.54) is 6.07 Å². The molecule has 0 saturated carbocycles. The molecule has 0 unspecified atom stereocenters.